The predicted octanol–water partition coefficient (Wildman–Crippen LogP) is 3.94. The Labute approximate surface area is 161 Å². The minimum absolute atomic E-state index is 0.0920. The van der Waals surface area contributed by atoms with Gasteiger partial charge in [-0.05, 0) is 38.3 Å². The van der Waals surface area contributed by atoms with E-state index in [1.54, 1.807) is 6.20 Å². The molecule has 0 atom stereocenters. The quantitative estimate of drug-likeness (QED) is 0.810. The van der Waals surface area contributed by atoms with E-state index >= 15 is 0 Å². The number of aliphatic hydroxyl groups excluding tert-OH is 1. The van der Waals surface area contributed by atoms with Crippen LogP contribution in [-0.4, -0.2) is 34.7 Å². The van der Waals surface area contributed by atoms with Crippen molar-refractivity contribution in [2.45, 2.75) is 51.5 Å². The number of aromatic nitrogens is 1. The van der Waals surface area contributed by atoms with Crippen LogP contribution >= 0.6 is 0 Å². The fourth-order valence-electron chi connectivity index (χ4n) is 3.65. The Morgan fingerprint density at radius 2 is 1.93 bits per heavy atom. The van der Waals surface area contributed by atoms with Crippen LogP contribution in [0.2, 0.25) is 0 Å². The molecule has 5 nitrogen and oxygen atoms in total. The number of benzene rings is 1. The average Bonchev–Trinajstić information content (AvgIpc) is 3.04. The van der Waals surface area contributed by atoms with Gasteiger partial charge in [-0.3, -0.25) is 4.98 Å². The summed E-state index contributed by atoms with van der Waals surface area (Å²) in [6.07, 6.45) is 3.45. The molecule has 3 rings (SSSR count). The normalized spacial score (nSPS) is 16.1. The van der Waals surface area contributed by atoms with E-state index in [0.717, 1.165) is 35.2 Å². The highest BCUT2D eigenvalue weighted by molar-refractivity contribution is 5.97. The summed E-state index contributed by atoms with van der Waals surface area (Å²) in [5.74, 6) is 0.589. The molecule has 1 aromatic heterocycles. The molecule has 0 radical (unpaired) electrons. The van der Waals surface area contributed by atoms with Crippen molar-refractivity contribution in [1.29, 1.82) is 0 Å². The number of nitrogens with zero attached hydrogens (tertiary/aromatic N) is 2. The monoisotopic (exact) mass is 367 g/mol. The van der Waals surface area contributed by atoms with Gasteiger partial charge in [0, 0.05) is 17.2 Å². The van der Waals surface area contributed by atoms with E-state index in [2.05, 4.69) is 29.9 Å². The number of nitrogens with two attached hydrogens (primary N) is 1. The Morgan fingerprint density at radius 1 is 1.22 bits per heavy atom. The summed E-state index contributed by atoms with van der Waals surface area (Å²) in [7, 11) is 0. The van der Waals surface area contributed by atoms with Crippen LogP contribution in [0.1, 0.15) is 51.7 Å². The molecule has 27 heavy (non-hydrogen) atoms. The van der Waals surface area contributed by atoms with Crippen LogP contribution in [0.25, 0.3) is 11.3 Å². The largest absolute Gasteiger partial charge is 0.475 e. The van der Waals surface area contributed by atoms with Crippen LogP contribution in [0.15, 0.2) is 41.5 Å². The first kappa shape index (κ1) is 19.4. The lowest BCUT2D eigenvalue weighted by atomic mass is 9.74. The summed E-state index contributed by atoms with van der Waals surface area (Å²) in [4.78, 5) is 9.25. The van der Waals surface area contributed by atoms with Crippen molar-refractivity contribution in [3.05, 3.63) is 47.7 Å². The molecule has 0 saturated heterocycles. The molecule has 0 unspecified atom stereocenters. The second-order valence-electron chi connectivity index (χ2n) is 7.87. The maximum Gasteiger partial charge on any atom is 0.218 e. The molecule has 0 saturated carbocycles. The molecule has 3 N–H and O–H groups in total. The fourth-order valence-corrected chi connectivity index (χ4v) is 3.65. The van der Waals surface area contributed by atoms with Gasteiger partial charge in [-0.15, -0.1) is 0 Å². The standard InChI is InChI=1S/C22H29N3O2/c1-5-22(6-2,13-26)17-10-8-7-9-16(17)19-18(23)11-15(12-24-19)20-25-21(3,4)14-27-20/h7-12,26H,5-6,13-14,23H2,1-4H3. The van der Waals surface area contributed by atoms with Crippen LogP contribution in [0.4, 0.5) is 5.69 Å². The zero-order valence-corrected chi connectivity index (χ0v) is 16.6. The maximum atomic E-state index is 10.1. The number of rotatable bonds is 6. The maximum absolute atomic E-state index is 10.1. The van der Waals surface area contributed by atoms with Gasteiger partial charge in [0.25, 0.3) is 0 Å². The Balaban J connectivity index is 2.06. The summed E-state index contributed by atoms with van der Waals surface area (Å²) >= 11 is 0. The number of nitrogen functional groups attached to an aromatic ring is 1. The SMILES string of the molecule is CCC(CC)(CO)c1ccccc1-c1ncc(C2=NC(C)(C)CO2)cc1N. The Morgan fingerprint density at radius 3 is 2.48 bits per heavy atom. The lowest BCUT2D eigenvalue weighted by Gasteiger charge is -2.32. The third-order valence-corrected chi connectivity index (χ3v) is 5.54. The van der Waals surface area contributed by atoms with Gasteiger partial charge in [0.05, 0.1) is 29.1 Å². The van der Waals surface area contributed by atoms with E-state index in [0.29, 0.717) is 18.2 Å². The van der Waals surface area contributed by atoms with Crippen LogP contribution in [0, 0.1) is 0 Å². The van der Waals surface area contributed by atoms with Crippen molar-refractivity contribution in [2.75, 3.05) is 18.9 Å². The molecule has 1 aliphatic rings. The van der Waals surface area contributed by atoms with E-state index in [1.807, 2.05) is 38.1 Å². The molecule has 1 aromatic carbocycles. The predicted molar refractivity (Wildman–Crippen MR) is 110 cm³/mol. The Kier molecular flexibility index (Phi) is 5.24. The summed E-state index contributed by atoms with van der Waals surface area (Å²) in [6, 6.07) is 9.95. The summed E-state index contributed by atoms with van der Waals surface area (Å²) in [6.45, 7) is 8.92. The summed E-state index contributed by atoms with van der Waals surface area (Å²) in [5, 5.41) is 10.1. The van der Waals surface area contributed by atoms with Crippen LogP contribution < -0.4 is 5.73 Å². The molecule has 2 heterocycles. The minimum Gasteiger partial charge on any atom is -0.475 e. The lowest BCUT2D eigenvalue weighted by molar-refractivity contribution is 0.183. The molecule has 0 fully saturated rings. The molecule has 5 heteroatoms. The number of aliphatic imine (C=N–C) groups is 1. The van der Waals surface area contributed by atoms with E-state index in [4.69, 9.17) is 10.5 Å². The number of pyridine rings is 1. The topological polar surface area (TPSA) is 80.7 Å². The minimum atomic E-state index is -0.300. The molecule has 0 spiro atoms. The number of hydrogen-bond donors (Lipinski definition) is 2. The number of hydrogen-bond acceptors (Lipinski definition) is 5. The molecule has 0 bridgehead atoms. The fraction of sp³-hybridized carbons (Fsp3) is 0.455. The Bertz CT molecular complexity index is 846. The highest BCUT2D eigenvalue weighted by Gasteiger charge is 2.31. The van der Waals surface area contributed by atoms with Crippen molar-refractivity contribution in [1.82, 2.24) is 4.98 Å². The second kappa shape index (κ2) is 7.31. The van der Waals surface area contributed by atoms with Crippen molar-refractivity contribution < 1.29 is 9.84 Å². The van der Waals surface area contributed by atoms with Crippen molar-refractivity contribution in [2.24, 2.45) is 4.99 Å². The second-order valence-corrected chi connectivity index (χ2v) is 7.87. The van der Waals surface area contributed by atoms with E-state index in [1.165, 1.54) is 0 Å². The molecule has 144 valence electrons. The molecule has 0 aliphatic carbocycles. The highest BCUT2D eigenvalue weighted by atomic mass is 16.5. The Hall–Kier alpha value is -2.40. The van der Waals surface area contributed by atoms with Gasteiger partial charge in [-0.1, -0.05) is 38.1 Å². The van der Waals surface area contributed by atoms with Gasteiger partial charge >= 0.3 is 0 Å². The zero-order valence-electron chi connectivity index (χ0n) is 16.6. The molecule has 1 aliphatic heterocycles. The van der Waals surface area contributed by atoms with Gasteiger partial charge in [-0.2, -0.15) is 0 Å². The van der Waals surface area contributed by atoms with Gasteiger partial charge in [-0.25, -0.2) is 4.99 Å². The number of anilines is 1. The number of aliphatic hydroxyl groups is 1. The van der Waals surface area contributed by atoms with Crippen molar-refractivity contribution >= 4 is 11.6 Å². The molecular weight excluding hydrogens is 338 g/mol. The van der Waals surface area contributed by atoms with E-state index < -0.39 is 0 Å². The smallest absolute Gasteiger partial charge is 0.218 e. The molecule has 2 aromatic rings. The van der Waals surface area contributed by atoms with Gasteiger partial charge in [0.1, 0.15) is 6.61 Å². The van der Waals surface area contributed by atoms with E-state index in [9.17, 15) is 5.11 Å². The third-order valence-electron chi connectivity index (χ3n) is 5.54. The van der Waals surface area contributed by atoms with Crippen molar-refractivity contribution in [3.8, 4) is 11.3 Å². The van der Waals surface area contributed by atoms with Crippen LogP contribution in [0.5, 0.6) is 0 Å². The first-order valence-corrected chi connectivity index (χ1v) is 9.55. The highest BCUT2D eigenvalue weighted by Crippen LogP contribution is 2.39. The molecular formula is C22H29N3O2. The first-order valence-electron chi connectivity index (χ1n) is 9.55. The number of ether oxygens (including phenoxy) is 1. The van der Waals surface area contributed by atoms with Gasteiger partial charge < -0.3 is 15.6 Å². The first-order chi connectivity index (χ1) is 12.9. The van der Waals surface area contributed by atoms with Crippen LogP contribution in [-0.2, 0) is 10.2 Å². The summed E-state index contributed by atoms with van der Waals surface area (Å²) < 4.78 is 5.71. The average molecular weight is 367 g/mol. The lowest BCUT2D eigenvalue weighted by Crippen LogP contribution is -2.29. The van der Waals surface area contributed by atoms with Crippen molar-refractivity contribution in [3.63, 3.8) is 0 Å². The van der Waals surface area contributed by atoms with E-state index in [-0.39, 0.29) is 17.6 Å². The third kappa shape index (κ3) is 3.56. The summed E-state index contributed by atoms with van der Waals surface area (Å²) in [5.41, 5.74) is 10.0. The van der Waals surface area contributed by atoms with Gasteiger partial charge in [0.2, 0.25) is 5.90 Å². The zero-order chi connectivity index (χ0) is 19.7. The van der Waals surface area contributed by atoms with Gasteiger partial charge in [0.15, 0.2) is 0 Å². The van der Waals surface area contributed by atoms with Crippen LogP contribution in [0.3, 0.4) is 0 Å². The molecule has 0 amide bonds.